The summed E-state index contributed by atoms with van der Waals surface area (Å²) in [5.74, 6) is 1.32. The van der Waals surface area contributed by atoms with Crippen LogP contribution in [0.2, 0.25) is 0 Å². The Morgan fingerprint density at radius 1 is 1.10 bits per heavy atom. The molecule has 0 saturated carbocycles. The number of hydrogen-bond acceptors (Lipinski definition) is 3. The summed E-state index contributed by atoms with van der Waals surface area (Å²) >= 11 is 0. The predicted octanol–water partition coefficient (Wildman–Crippen LogP) is 4.28. The number of pyridine rings is 1. The number of aromatic nitrogens is 1. The summed E-state index contributed by atoms with van der Waals surface area (Å²) in [6.45, 7) is 10.3. The molecule has 0 fully saturated rings. The van der Waals surface area contributed by atoms with Gasteiger partial charge in [-0.3, -0.25) is 0 Å². The smallest absolute Gasteiger partial charge is 0.219 e. The fraction of sp³-hybridized carbons (Fsp3) is 0.389. The lowest BCUT2D eigenvalue weighted by Crippen LogP contribution is -2.14. The quantitative estimate of drug-likeness (QED) is 0.915. The van der Waals surface area contributed by atoms with Crippen LogP contribution in [0.5, 0.6) is 11.6 Å². The summed E-state index contributed by atoms with van der Waals surface area (Å²) in [6, 6.07) is 9.76. The van der Waals surface area contributed by atoms with E-state index in [-0.39, 0.29) is 12.0 Å². The number of hydrogen-bond donors (Lipinski definition) is 1. The Hall–Kier alpha value is -1.87. The van der Waals surface area contributed by atoms with Crippen molar-refractivity contribution in [2.24, 2.45) is 0 Å². The number of ether oxygens (including phenoxy) is 1. The Kier molecular flexibility index (Phi) is 4.33. The standard InChI is InChI=1S/C18H23NO2/c1-12-6-7-15(13(2)8-12)21-17-10-14(11-20)9-16(19-17)18(3,4)5/h6-10,20H,11H2,1-5H3. The largest absolute Gasteiger partial charge is 0.439 e. The minimum Gasteiger partial charge on any atom is -0.439 e. The molecule has 0 amide bonds. The third kappa shape index (κ3) is 3.82. The molecule has 3 nitrogen and oxygen atoms in total. The van der Waals surface area contributed by atoms with Crippen LogP contribution in [0.4, 0.5) is 0 Å². The molecule has 0 aliphatic carbocycles. The second-order valence-electron chi connectivity index (χ2n) is 6.48. The number of aliphatic hydroxyl groups excluding tert-OH is 1. The van der Waals surface area contributed by atoms with Gasteiger partial charge in [0.05, 0.1) is 12.3 Å². The van der Waals surface area contributed by atoms with E-state index in [1.54, 1.807) is 6.07 Å². The average Bonchev–Trinajstić information content (AvgIpc) is 2.40. The van der Waals surface area contributed by atoms with E-state index in [1.165, 1.54) is 5.56 Å². The van der Waals surface area contributed by atoms with Crippen LogP contribution in [0.3, 0.4) is 0 Å². The second-order valence-corrected chi connectivity index (χ2v) is 6.48. The van der Waals surface area contributed by atoms with Crippen LogP contribution < -0.4 is 4.74 Å². The van der Waals surface area contributed by atoms with E-state index in [9.17, 15) is 5.11 Å². The highest BCUT2D eigenvalue weighted by atomic mass is 16.5. The van der Waals surface area contributed by atoms with E-state index >= 15 is 0 Å². The van der Waals surface area contributed by atoms with E-state index in [0.29, 0.717) is 5.88 Å². The third-order valence-electron chi connectivity index (χ3n) is 3.36. The first-order chi connectivity index (χ1) is 9.79. The van der Waals surface area contributed by atoms with Gasteiger partial charge >= 0.3 is 0 Å². The molecule has 2 rings (SSSR count). The first kappa shape index (κ1) is 15.5. The summed E-state index contributed by atoms with van der Waals surface area (Å²) in [7, 11) is 0. The average molecular weight is 285 g/mol. The topological polar surface area (TPSA) is 42.4 Å². The first-order valence-electron chi connectivity index (χ1n) is 7.17. The van der Waals surface area contributed by atoms with Gasteiger partial charge in [0.2, 0.25) is 5.88 Å². The molecule has 0 aliphatic rings. The van der Waals surface area contributed by atoms with Crippen molar-refractivity contribution < 1.29 is 9.84 Å². The SMILES string of the molecule is Cc1ccc(Oc2cc(CO)cc(C(C)(C)C)n2)c(C)c1. The van der Waals surface area contributed by atoms with Gasteiger partial charge in [0.1, 0.15) is 5.75 Å². The molecule has 1 aromatic heterocycles. The molecule has 0 unspecified atom stereocenters. The highest BCUT2D eigenvalue weighted by Crippen LogP contribution is 2.28. The minimum atomic E-state index is -0.0917. The van der Waals surface area contributed by atoms with Crippen LogP contribution in [0, 0.1) is 13.8 Å². The Morgan fingerprint density at radius 3 is 2.38 bits per heavy atom. The van der Waals surface area contributed by atoms with Gasteiger partial charge in [0.15, 0.2) is 0 Å². The lowest BCUT2D eigenvalue weighted by molar-refractivity contribution is 0.280. The van der Waals surface area contributed by atoms with Crippen molar-refractivity contribution in [3.05, 3.63) is 52.7 Å². The maximum atomic E-state index is 9.43. The summed E-state index contributed by atoms with van der Waals surface area (Å²) in [6.07, 6.45) is 0. The number of nitrogens with zero attached hydrogens (tertiary/aromatic N) is 1. The van der Waals surface area contributed by atoms with Crippen LogP contribution in [0.15, 0.2) is 30.3 Å². The van der Waals surface area contributed by atoms with Gasteiger partial charge in [-0.15, -0.1) is 0 Å². The molecule has 21 heavy (non-hydrogen) atoms. The summed E-state index contributed by atoms with van der Waals surface area (Å²) in [5, 5.41) is 9.43. The van der Waals surface area contributed by atoms with Gasteiger partial charge < -0.3 is 9.84 Å². The zero-order valence-electron chi connectivity index (χ0n) is 13.4. The van der Waals surface area contributed by atoms with E-state index < -0.39 is 0 Å². The van der Waals surface area contributed by atoms with Crippen LogP contribution in [0.1, 0.15) is 43.2 Å². The van der Waals surface area contributed by atoms with E-state index in [1.807, 2.05) is 25.1 Å². The molecular weight excluding hydrogens is 262 g/mol. The summed E-state index contributed by atoms with van der Waals surface area (Å²) < 4.78 is 5.92. The first-order valence-corrected chi connectivity index (χ1v) is 7.17. The van der Waals surface area contributed by atoms with Crippen LogP contribution in [-0.4, -0.2) is 10.1 Å². The van der Waals surface area contributed by atoms with Crippen molar-refractivity contribution in [1.82, 2.24) is 4.98 Å². The van der Waals surface area contributed by atoms with Gasteiger partial charge in [0, 0.05) is 11.5 Å². The van der Waals surface area contributed by atoms with Gasteiger partial charge in [-0.1, -0.05) is 38.5 Å². The Morgan fingerprint density at radius 2 is 1.81 bits per heavy atom. The lowest BCUT2D eigenvalue weighted by atomic mass is 9.91. The predicted molar refractivity (Wildman–Crippen MR) is 84.8 cm³/mol. The van der Waals surface area contributed by atoms with E-state index in [4.69, 9.17) is 4.74 Å². The van der Waals surface area contributed by atoms with Crippen molar-refractivity contribution in [3.63, 3.8) is 0 Å². The minimum absolute atomic E-state index is 0.0190. The molecule has 0 bridgehead atoms. The Labute approximate surface area is 126 Å². The molecule has 0 radical (unpaired) electrons. The zero-order chi connectivity index (χ0) is 15.6. The number of aryl methyl sites for hydroxylation is 2. The second kappa shape index (κ2) is 5.86. The molecule has 0 saturated heterocycles. The molecular formula is C18H23NO2. The molecule has 2 aromatic rings. The molecule has 1 N–H and O–H groups in total. The molecule has 3 heteroatoms. The highest BCUT2D eigenvalue weighted by Gasteiger charge is 2.18. The van der Waals surface area contributed by atoms with Crippen LogP contribution in [0.25, 0.3) is 0 Å². The zero-order valence-corrected chi connectivity index (χ0v) is 13.4. The van der Waals surface area contributed by atoms with Crippen LogP contribution in [-0.2, 0) is 12.0 Å². The molecule has 0 aliphatic heterocycles. The van der Waals surface area contributed by atoms with Crippen molar-refractivity contribution in [3.8, 4) is 11.6 Å². The normalized spacial score (nSPS) is 11.5. The Bertz CT molecular complexity index is 642. The van der Waals surface area contributed by atoms with Crippen molar-refractivity contribution >= 4 is 0 Å². The fourth-order valence-corrected chi connectivity index (χ4v) is 2.11. The van der Waals surface area contributed by atoms with E-state index in [2.05, 4.69) is 38.7 Å². The van der Waals surface area contributed by atoms with Gasteiger partial charge in [-0.05, 0) is 37.1 Å². The molecule has 0 spiro atoms. The monoisotopic (exact) mass is 285 g/mol. The van der Waals surface area contributed by atoms with Crippen molar-refractivity contribution in [2.45, 2.75) is 46.6 Å². The number of benzene rings is 1. The highest BCUT2D eigenvalue weighted by molar-refractivity contribution is 5.39. The fourth-order valence-electron chi connectivity index (χ4n) is 2.11. The van der Waals surface area contributed by atoms with Crippen molar-refractivity contribution in [1.29, 1.82) is 0 Å². The molecule has 112 valence electrons. The molecule has 1 aromatic carbocycles. The van der Waals surface area contributed by atoms with Crippen LogP contribution >= 0.6 is 0 Å². The maximum Gasteiger partial charge on any atom is 0.219 e. The molecule has 0 atom stereocenters. The van der Waals surface area contributed by atoms with Gasteiger partial charge in [-0.2, -0.15) is 0 Å². The number of rotatable bonds is 3. The summed E-state index contributed by atoms with van der Waals surface area (Å²) in [5.41, 5.74) is 3.91. The summed E-state index contributed by atoms with van der Waals surface area (Å²) in [4.78, 5) is 4.58. The van der Waals surface area contributed by atoms with E-state index in [0.717, 1.165) is 22.6 Å². The maximum absolute atomic E-state index is 9.43. The lowest BCUT2D eigenvalue weighted by Gasteiger charge is -2.20. The van der Waals surface area contributed by atoms with Gasteiger partial charge in [0.25, 0.3) is 0 Å². The Balaban J connectivity index is 2.39. The third-order valence-corrected chi connectivity index (χ3v) is 3.36. The number of aliphatic hydroxyl groups is 1. The van der Waals surface area contributed by atoms with Gasteiger partial charge in [-0.25, -0.2) is 4.98 Å². The molecule has 1 heterocycles. The van der Waals surface area contributed by atoms with Crippen molar-refractivity contribution in [2.75, 3.05) is 0 Å².